The zero-order chi connectivity index (χ0) is 14.0. The first-order chi connectivity index (χ1) is 9.08. The summed E-state index contributed by atoms with van der Waals surface area (Å²) in [6.07, 6.45) is 0. The number of hydrogen-bond acceptors (Lipinski definition) is 4. The number of methoxy groups -OCH3 is 2. The fourth-order valence-corrected chi connectivity index (χ4v) is 1.93. The monoisotopic (exact) mass is 262 g/mol. The van der Waals surface area contributed by atoms with Crippen LogP contribution in [0.15, 0.2) is 18.2 Å². The van der Waals surface area contributed by atoms with Crippen LogP contribution in [-0.2, 0) is 0 Å². The van der Waals surface area contributed by atoms with Gasteiger partial charge in [0.25, 0.3) is 0 Å². The molecule has 100 valence electrons. The maximum absolute atomic E-state index is 10.8. The van der Waals surface area contributed by atoms with Gasteiger partial charge in [0.1, 0.15) is 5.69 Å². The fraction of sp³-hybridized carbons (Fsp3) is 0.231. The molecule has 0 saturated heterocycles. The third-order valence-electron chi connectivity index (χ3n) is 2.88. The summed E-state index contributed by atoms with van der Waals surface area (Å²) < 4.78 is 10.5. The van der Waals surface area contributed by atoms with Crippen LogP contribution in [-0.4, -0.2) is 35.5 Å². The van der Waals surface area contributed by atoms with E-state index in [1.165, 1.54) is 6.07 Å². The number of nitrogens with zero attached hydrogens (tertiary/aromatic N) is 1. The van der Waals surface area contributed by atoms with E-state index < -0.39 is 5.97 Å². The molecule has 0 aliphatic rings. The summed E-state index contributed by atoms with van der Waals surface area (Å²) in [4.78, 5) is 10.8. The van der Waals surface area contributed by atoms with Crippen molar-refractivity contribution in [3.63, 3.8) is 0 Å². The molecule has 0 aliphatic heterocycles. The van der Waals surface area contributed by atoms with Crippen LogP contribution >= 0.6 is 0 Å². The van der Waals surface area contributed by atoms with Gasteiger partial charge in [-0.25, -0.2) is 4.79 Å². The van der Waals surface area contributed by atoms with E-state index in [0.717, 1.165) is 11.1 Å². The van der Waals surface area contributed by atoms with Crippen molar-refractivity contribution in [1.29, 1.82) is 0 Å². The molecule has 1 aromatic heterocycles. The maximum Gasteiger partial charge on any atom is 0.353 e. The molecule has 1 aromatic carbocycles. The molecule has 0 atom stereocenters. The lowest BCUT2D eigenvalue weighted by Gasteiger charge is -2.12. The first-order valence-corrected chi connectivity index (χ1v) is 5.59. The molecule has 0 unspecified atom stereocenters. The van der Waals surface area contributed by atoms with Crippen LogP contribution in [0.25, 0.3) is 11.3 Å². The zero-order valence-corrected chi connectivity index (χ0v) is 10.9. The van der Waals surface area contributed by atoms with Crippen molar-refractivity contribution < 1.29 is 19.4 Å². The molecule has 0 amide bonds. The van der Waals surface area contributed by atoms with Crippen LogP contribution in [0.3, 0.4) is 0 Å². The topological polar surface area (TPSA) is 84.4 Å². The summed E-state index contributed by atoms with van der Waals surface area (Å²) in [5.41, 5.74) is 2.23. The molecule has 0 spiro atoms. The van der Waals surface area contributed by atoms with Crippen LogP contribution in [0.1, 0.15) is 16.1 Å². The molecule has 2 aromatic rings. The summed E-state index contributed by atoms with van der Waals surface area (Å²) in [7, 11) is 3.12. The Morgan fingerprint density at radius 3 is 2.58 bits per heavy atom. The van der Waals surface area contributed by atoms with Gasteiger partial charge in [0.05, 0.1) is 19.9 Å². The number of carboxylic acids is 1. The Kier molecular flexibility index (Phi) is 3.41. The van der Waals surface area contributed by atoms with E-state index in [-0.39, 0.29) is 5.69 Å². The second kappa shape index (κ2) is 5.01. The molecular formula is C13H14N2O4. The SMILES string of the molecule is COc1ccc(-c2cc(C(=O)O)[nH]n2)c(C)c1OC. The van der Waals surface area contributed by atoms with Gasteiger partial charge in [-0.05, 0) is 25.1 Å². The second-order valence-corrected chi connectivity index (χ2v) is 3.95. The van der Waals surface area contributed by atoms with Crippen LogP contribution in [0, 0.1) is 6.92 Å². The average molecular weight is 262 g/mol. The number of rotatable bonds is 4. The Hall–Kier alpha value is -2.50. The second-order valence-electron chi connectivity index (χ2n) is 3.95. The highest BCUT2D eigenvalue weighted by Crippen LogP contribution is 2.36. The molecule has 2 rings (SSSR count). The molecule has 2 N–H and O–H groups in total. The van der Waals surface area contributed by atoms with Crippen molar-refractivity contribution in [3.05, 3.63) is 29.5 Å². The largest absolute Gasteiger partial charge is 0.493 e. The number of hydrogen-bond donors (Lipinski definition) is 2. The Morgan fingerprint density at radius 1 is 1.32 bits per heavy atom. The number of nitrogens with one attached hydrogen (secondary N) is 1. The summed E-state index contributed by atoms with van der Waals surface area (Å²) >= 11 is 0. The minimum Gasteiger partial charge on any atom is -0.493 e. The lowest BCUT2D eigenvalue weighted by molar-refractivity contribution is 0.0690. The number of carboxylic acid groups (broad SMARTS) is 1. The van der Waals surface area contributed by atoms with E-state index in [1.807, 2.05) is 13.0 Å². The number of aromatic amines is 1. The molecule has 6 heteroatoms. The molecule has 6 nitrogen and oxygen atoms in total. The van der Waals surface area contributed by atoms with Crippen molar-refractivity contribution in [2.24, 2.45) is 0 Å². The van der Waals surface area contributed by atoms with Gasteiger partial charge in [0.2, 0.25) is 0 Å². The number of aromatic nitrogens is 2. The maximum atomic E-state index is 10.8. The van der Waals surface area contributed by atoms with Gasteiger partial charge >= 0.3 is 5.97 Å². The van der Waals surface area contributed by atoms with Gasteiger partial charge in [-0.15, -0.1) is 0 Å². The highest BCUT2D eigenvalue weighted by atomic mass is 16.5. The Labute approximate surface area is 110 Å². The molecule has 0 bridgehead atoms. The Balaban J connectivity index is 2.53. The zero-order valence-electron chi connectivity index (χ0n) is 10.9. The lowest BCUT2D eigenvalue weighted by Crippen LogP contribution is -1.95. The van der Waals surface area contributed by atoms with Crippen LogP contribution in [0.4, 0.5) is 0 Å². The smallest absolute Gasteiger partial charge is 0.353 e. The molecule has 0 radical (unpaired) electrons. The average Bonchev–Trinajstić information content (AvgIpc) is 2.87. The van der Waals surface area contributed by atoms with Gasteiger partial charge in [0, 0.05) is 11.1 Å². The van der Waals surface area contributed by atoms with Crippen molar-refractivity contribution in [2.45, 2.75) is 6.92 Å². The van der Waals surface area contributed by atoms with Gasteiger partial charge < -0.3 is 14.6 Å². The number of H-pyrrole nitrogens is 1. The van der Waals surface area contributed by atoms with E-state index >= 15 is 0 Å². The van der Waals surface area contributed by atoms with Gasteiger partial charge in [-0.3, -0.25) is 5.10 Å². The third-order valence-corrected chi connectivity index (χ3v) is 2.88. The molecule has 19 heavy (non-hydrogen) atoms. The highest BCUT2D eigenvalue weighted by molar-refractivity contribution is 5.87. The predicted octanol–water partition coefficient (Wildman–Crippen LogP) is 2.10. The number of benzene rings is 1. The van der Waals surface area contributed by atoms with Crippen molar-refractivity contribution in [2.75, 3.05) is 14.2 Å². The molecular weight excluding hydrogens is 248 g/mol. The van der Waals surface area contributed by atoms with Gasteiger partial charge in [-0.1, -0.05) is 0 Å². The third kappa shape index (κ3) is 2.24. The number of ether oxygens (including phenoxy) is 2. The Bertz CT molecular complexity index is 619. The molecule has 1 heterocycles. The first kappa shape index (κ1) is 12.9. The van der Waals surface area contributed by atoms with Crippen LogP contribution in [0.2, 0.25) is 0 Å². The standard InChI is InChI=1S/C13H14N2O4/c1-7-8(4-5-11(18-2)12(7)19-3)9-6-10(13(16)17)15-14-9/h4-6H,1-3H3,(H,14,15)(H,16,17). The molecule has 0 saturated carbocycles. The van der Waals surface area contributed by atoms with Crippen molar-refractivity contribution in [1.82, 2.24) is 10.2 Å². The van der Waals surface area contributed by atoms with Crippen LogP contribution < -0.4 is 9.47 Å². The quantitative estimate of drug-likeness (QED) is 0.881. The molecule has 0 aliphatic carbocycles. The van der Waals surface area contributed by atoms with Crippen molar-refractivity contribution in [3.8, 4) is 22.8 Å². The first-order valence-electron chi connectivity index (χ1n) is 5.59. The van der Waals surface area contributed by atoms with Crippen LogP contribution in [0.5, 0.6) is 11.5 Å². The highest BCUT2D eigenvalue weighted by Gasteiger charge is 2.16. The van der Waals surface area contributed by atoms with E-state index in [2.05, 4.69) is 10.2 Å². The van der Waals surface area contributed by atoms with E-state index in [1.54, 1.807) is 20.3 Å². The van der Waals surface area contributed by atoms with E-state index in [9.17, 15) is 4.79 Å². The van der Waals surface area contributed by atoms with E-state index in [0.29, 0.717) is 17.2 Å². The summed E-state index contributed by atoms with van der Waals surface area (Å²) in [6.45, 7) is 1.87. The minimum absolute atomic E-state index is 0.0455. The predicted molar refractivity (Wildman–Crippen MR) is 68.8 cm³/mol. The summed E-state index contributed by atoms with van der Waals surface area (Å²) in [5.74, 6) is 0.189. The van der Waals surface area contributed by atoms with Gasteiger partial charge in [0.15, 0.2) is 11.5 Å². The summed E-state index contributed by atoms with van der Waals surface area (Å²) in [5, 5.41) is 15.4. The number of carbonyl (C=O) groups is 1. The normalized spacial score (nSPS) is 10.3. The fourth-order valence-electron chi connectivity index (χ4n) is 1.93. The van der Waals surface area contributed by atoms with E-state index in [4.69, 9.17) is 14.6 Å². The van der Waals surface area contributed by atoms with Gasteiger partial charge in [-0.2, -0.15) is 5.10 Å². The number of aromatic carboxylic acids is 1. The lowest BCUT2D eigenvalue weighted by atomic mass is 10.0. The summed E-state index contributed by atoms with van der Waals surface area (Å²) in [6, 6.07) is 5.06. The Morgan fingerprint density at radius 2 is 2.05 bits per heavy atom. The minimum atomic E-state index is -1.04. The van der Waals surface area contributed by atoms with Crippen molar-refractivity contribution >= 4 is 5.97 Å². The molecule has 0 fully saturated rings.